The Balaban J connectivity index is 1.44. The van der Waals surface area contributed by atoms with Crippen molar-refractivity contribution in [2.75, 3.05) is 26.7 Å². The second-order valence-corrected chi connectivity index (χ2v) is 9.98. The molecule has 5 rings (SSSR count). The lowest BCUT2D eigenvalue weighted by molar-refractivity contribution is -0.119. The van der Waals surface area contributed by atoms with Gasteiger partial charge in [-0.3, -0.25) is 14.8 Å². The topological polar surface area (TPSA) is 127 Å². The smallest absolute Gasteiger partial charge is 0.231 e. The molecule has 0 aliphatic carbocycles. The Bertz CT molecular complexity index is 1320. The van der Waals surface area contributed by atoms with Gasteiger partial charge in [-0.2, -0.15) is 10.2 Å². The van der Waals surface area contributed by atoms with Crippen LogP contribution in [0.4, 0.5) is 0 Å². The number of nitrogens with two attached hydrogens (primary N) is 1. The number of fused-ring (bicyclic) bond motifs is 1. The summed E-state index contributed by atoms with van der Waals surface area (Å²) in [5.41, 5.74) is 9.92. The quantitative estimate of drug-likeness (QED) is 0.416. The number of likely N-dealkylation sites (tertiary alicyclic amines) is 1. The average Bonchev–Trinajstić information content (AvgIpc) is 3.57. The summed E-state index contributed by atoms with van der Waals surface area (Å²) in [6.45, 7) is 6.38. The predicted octanol–water partition coefficient (Wildman–Crippen LogP) is 3.04. The van der Waals surface area contributed by atoms with Crippen molar-refractivity contribution in [2.45, 2.75) is 38.5 Å². The molecule has 0 bridgehead atoms. The van der Waals surface area contributed by atoms with E-state index in [0.717, 1.165) is 58.3 Å². The lowest BCUT2D eigenvalue weighted by Crippen LogP contribution is -2.39. The molecule has 0 atom stereocenters. The number of primary amides is 1. The van der Waals surface area contributed by atoms with Crippen LogP contribution in [0.1, 0.15) is 49.1 Å². The molecule has 34 heavy (non-hydrogen) atoms. The molecule has 0 aromatic carbocycles. The highest BCUT2D eigenvalue weighted by Gasteiger charge is 2.26. The van der Waals surface area contributed by atoms with Crippen molar-refractivity contribution in [1.82, 2.24) is 34.7 Å². The second-order valence-electron chi connectivity index (χ2n) is 8.92. The maximum Gasteiger partial charge on any atom is 0.231 e. The van der Waals surface area contributed by atoms with E-state index in [1.165, 1.54) is 6.33 Å². The van der Waals surface area contributed by atoms with Crippen LogP contribution in [0, 0.1) is 0 Å². The SMILES string of the molecule is COc1cc(-c2n[nH]c(-c3cnc(C4CCN(CC(N)=O)CC4)s3)c2C(C)C)cn2ncnc12. The average molecular weight is 481 g/mol. The number of hydrogen-bond acceptors (Lipinski definition) is 8. The molecule has 0 saturated carbocycles. The first-order valence-electron chi connectivity index (χ1n) is 11.4. The molecule has 3 N–H and O–H groups in total. The number of pyridine rings is 1. The summed E-state index contributed by atoms with van der Waals surface area (Å²) in [6.07, 6.45) is 7.33. The van der Waals surface area contributed by atoms with Gasteiger partial charge < -0.3 is 10.5 Å². The van der Waals surface area contributed by atoms with Gasteiger partial charge in [-0.05, 0) is 37.9 Å². The Morgan fingerprint density at radius 2 is 2.12 bits per heavy atom. The van der Waals surface area contributed by atoms with E-state index in [4.69, 9.17) is 20.6 Å². The van der Waals surface area contributed by atoms with Crippen LogP contribution in [-0.2, 0) is 4.79 Å². The second kappa shape index (κ2) is 9.15. The molecule has 4 aromatic rings. The zero-order valence-electron chi connectivity index (χ0n) is 19.5. The molecule has 178 valence electrons. The van der Waals surface area contributed by atoms with Gasteiger partial charge in [-0.25, -0.2) is 14.5 Å². The molecule has 11 heteroatoms. The molecule has 1 aliphatic heterocycles. The number of amides is 1. The van der Waals surface area contributed by atoms with Crippen molar-refractivity contribution >= 4 is 22.9 Å². The first-order valence-corrected chi connectivity index (χ1v) is 12.2. The minimum atomic E-state index is -0.271. The van der Waals surface area contributed by atoms with Crippen LogP contribution in [0.25, 0.3) is 27.5 Å². The van der Waals surface area contributed by atoms with E-state index in [0.29, 0.717) is 23.9 Å². The van der Waals surface area contributed by atoms with E-state index < -0.39 is 0 Å². The van der Waals surface area contributed by atoms with Gasteiger partial charge in [0, 0.05) is 29.4 Å². The van der Waals surface area contributed by atoms with Gasteiger partial charge in [0.25, 0.3) is 0 Å². The van der Waals surface area contributed by atoms with Crippen molar-refractivity contribution in [3.8, 4) is 27.6 Å². The van der Waals surface area contributed by atoms with Crippen molar-refractivity contribution in [2.24, 2.45) is 5.73 Å². The Labute approximate surface area is 201 Å². The monoisotopic (exact) mass is 480 g/mol. The van der Waals surface area contributed by atoms with E-state index >= 15 is 0 Å². The third-order valence-electron chi connectivity index (χ3n) is 6.30. The lowest BCUT2D eigenvalue weighted by Gasteiger charge is -2.29. The standard InChI is InChI=1S/C23H28N8O2S/c1-13(2)19-20(15-8-16(33-3)22-26-12-27-31(22)10-15)28-29-21(19)17-9-25-23(34-17)14-4-6-30(7-5-14)11-18(24)32/h8-10,12-14H,4-7,11H2,1-3H3,(H2,24,32)(H,28,29). The molecular weight excluding hydrogens is 452 g/mol. The first kappa shape index (κ1) is 22.5. The van der Waals surface area contributed by atoms with Crippen molar-refractivity contribution in [3.63, 3.8) is 0 Å². The summed E-state index contributed by atoms with van der Waals surface area (Å²) >= 11 is 1.71. The molecular formula is C23H28N8O2S. The van der Waals surface area contributed by atoms with Gasteiger partial charge in [0.05, 0.1) is 34.9 Å². The van der Waals surface area contributed by atoms with Gasteiger partial charge in [0.1, 0.15) is 6.33 Å². The van der Waals surface area contributed by atoms with Crippen LogP contribution < -0.4 is 10.5 Å². The highest BCUT2D eigenvalue weighted by molar-refractivity contribution is 7.15. The van der Waals surface area contributed by atoms with Gasteiger partial charge >= 0.3 is 0 Å². The summed E-state index contributed by atoms with van der Waals surface area (Å²) in [6, 6.07) is 1.95. The first-order chi connectivity index (χ1) is 16.4. The molecule has 5 heterocycles. The largest absolute Gasteiger partial charge is 0.493 e. The van der Waals surface area contributed by atoms with Crippen LogP contribution in [-0.4, -0.2) is 67.3 Å². The molecule has 1 aliphatic rings. The molecule has 1 amide bonds. The van der Waals surface area contributed by atoms with Crippen molar-refractivity contribution in [1.29, 1.82) is 0 Å². The number of nitrogens with zero attached hydrogens (tertiary/aromatic N) is 6. The fourth-order valence-corrected chi connectivity index (χ4v) is 5.74. The number of thiazole rings is 1. The summed E-state index contributed by atoms with van der Waals surface area (Å²) in [7, 11) is 1.63. The zero-order chi connectivity index (χ0) is 23.8. The number of hydrogen-bond donors (Lipinski definition) is 2. The number of piperidine rings is 1. The number of H-pyrrole nitrogens is 1. The maximum atomic E-state index is 11.2. The minimum Gasteiger partial charge on any atom is -0.493 e. The fraction of sp³-hybridized carbons (Fsp3) is 0.435. The van der Waals surface area contributed by atoms with Gasteiger partial charge in [-0.1, -0.05) is 13.8 Å². The summed E-state index contributed by atoms with van der Waals surface area (Å²) < 4.78 is 7.25. The van der Waals surface area contributed by atoms with Gasteiger partial charge in [0.15, 0.2) is 11.4 Å². The van der Waals surface area contributed by atoms with E-state index in [-0.39, 0.29) is 11.8 Å². The van der Waals surface area contributed by atoms with Crippen LogP contribution in [0.2, 0.25) is 0 Å². The number of carbonyl (C=O) groups excluding carboxylic acids is 1. The minimum absolute atomic E-state index is 0.240. The Kier molecular flexibility index (Phi) is 6.05. The van der Waals surface area contributed by atoms with Crippen LogP contribution >= 0.6 is 11.3 Å². The summed E-state index contributed by atoms with van der Waals surface area (Å²) in [5.74, 6) is 1.01. The highest BCUT2D eigenvalue weighted by atomic mass is 32.1. The molecule has 0 unspecified atom stereocenters. The van der Waals surface area contributed by atoms with Crippen LogP contribution in [0.3, 0.4) is 0 Å². The summed E-state index contributed by atoms with van der Waals surface area (Å²) in [4.78, 5) is 23.4. The molecule has 0 spiro atoms. The van der Waals surface area contributed by atoms with Crippen molar-refractivity contribution < 1.29 is 9.53 Å². The van der Waals surface area contributed by atoms with E-state index in [2.05, 4.69) is 33.9 Å². The van der Waals surface area contributed by atoms with Crippen LogP contribution in [0.5, 0.6) is 5.75 Å². The molecule has 1 saturated heterocycles. The molecule has 4 aromatic heterocycles. The Hall–Kier alpha value is -3.31. The number of ether oxygens (including phenoxy) is 1. The lowest BCUT2D eigenvalue weighted by atomic mass is 9.96. The Morgan fingerprint density at radius 1 is 1.32 bits per heavy atom. The normalized spacial score (nSPS) is 15.4. The molecule has 1 fully saturated rings. The van der Waals surface area contributed by atoms with Crippen LogP contribution in [0.15, 0.2) is 24.8 Å². The number of aromatic amines is 1. The van der Waals surface area contributed by atoms with E-state index in [1.54, 1.807) is 23.0 Å². The number of rotatable bonds is 7. The molecule has 0 radical (unpaired) electrons. The third-order valence-corrected chi connectivity index (χ3v) is 7.48. The maximum absolute atomic E-state index is 11.2. The number of aromatic nitrogens is 6. The van der Waals surface area contributed by atoms with Crippen molar-refractivity contribution in [3.05, 3.63) is 35.4 Å². The number of carbonyl (C=O) groups is 1. The van der Waals surface area contributed by atoms with E-state index in [1.807, 2.05) is 18.5 Å². The third kappa shape index (κ3) is 4.16. The zero-order valence-corrected chi connectivity index (χ0v) is 20.3. The van der Waals surface area contributed by atoms with E-state index in [9.17, 15) is 4.79 Å². The summed E-state index contributed by atoms with van der Waals surface area (Å²) in [5, 5.41) is 13.4. The van der Waals surface area contributed by atoms with Gasteiger partial charge in [0.2, 0.25) is 5.91 Å². The number of nitrogens with one attached hydrogen (secondary N) is 1. The fourth-order valence-electron chi connectivity index (χ4n) is 4.65. The molecule has 10 nitrogen and oxygen atoms in total. The Morgan fingerprint density at radius 3 is 2.82 bits per heavy atom. The highest BCUT2D eigenvalue weighted by Crippen LogP contribution is 2.40. The van der Waals surface area contributed by atoms with Gasteiger partial charge in [-0.15, -0.1) is 11.3 Å². The predicted molar refractivity (Wildman–Crippen MR) is 130 cm³/mol. The number of methoxy groups -OCH3 is 1.